The molecule has 228 valence electrons. The summed E-state index contributed by atoms with van der Waals surface area (Å²) < 4.78 is 40.7. The predicted octanol–water partition coefficient (Wildman–Crippen LogP) is -0.838. The van der Waals surface area contributed by atoms with Crippen molar-refractivity contribution in [2.45, 2.75) is 31.1 Å². The zero-order chi connectivity index (χ0) is 31.0. The van der Waals surface area contributed by atoms with Gasteiger partial charge in [-0.3, -0.25) is 33.6 Å². The Balaban J connectivity index is 1.52. The Morgan fingerprint density at radius 2 is 1.95 bits per heavy atom. The van der Waals surface area contributed by atoms with Crippen molar-refractivity contribution < 1.29 is 62.3 Å². The van der Waals surface area contributed by atoms with E-state index in [2.05, 4.69) is 19.8 Å². The van der Waals surface area contributed by atoms with Crippen LogP contribution in [0.2, 0.25) is 0 Å². The van der Waals surface area contributed by atoms with E-state index in [1.807, 2.05) is 0 Å². The summed E-state index contributed by atoms with van der Waals surface area (Å²) in [4.78, 5) is 69.6. The Morgan fingerprint density at radius 3 is 2.62 bits per heavy atom. The van der Waals surface area contributed by atoms with Crippen molar-refractivity contribution in [1.82, 2.24) is 14.5 Å². The summed E-state index contributed by atoms with van der Waals surface area (Å²) in [6.07, 6.45) is -6.13. The Labute approximate surface area is 234 Å². The Morgan fingerprint density at radius 1 is 1.26 bits per heavy atom. The number of anilines is 1. The van der Waals surface area contributed by atoms with Gasteiger partial charge in [0.15, 0.2) is 12.2 Å². The first-order chi connectivity index (χ1) is 19.6. The molecular weight excluding hydrogens is 610 g/mol. The number of aryl methyl sites for hydroxylation is 1. The largest absolute Gasteiger partial charge is 0.444 e. The van der Waals surface area contributed by atoms with E-state index in [0.29, 0.717) is 0 Å². The summed E-state index contributed by atoms with van der Waals surface area (Å²) in [5, 5.41) is 34.4. The lowest BCUT2D eigenvalue weighted by Gasteiger charge is -2.17. The summed E-state index contributed by atoms with van der Waals surface area (Å²) in [5.41, 5.74) is -1.11. The highest BCUT2D eigenvalue weighted by Gasteiger charge is 2.48. The molecule has 1 fully saturated rings. The Kier molecular flexibility index (Phi) is 8.93. The van der Waals surface area contributed by atoms with Gasteiger partial charge in [-0.1, -0.05) is 17.1 Å². The van der Waals surface area contributed by atoms with Gasteiger partial charge in [-0.15, -0.1) is 0 Å². The number of rotatable bonds is 10. The summed E-state index contributed by atoms with van der Waals surface area (Å²) in [6.45, 7) is -1.31. The minimum atomic E-state index is -4.91. The highest BCUT2D eigenvalue weighted by atomic mass is 31.2. The summed E-state index contributed by atoms with van der Waals surface area (Å²) in [5.74, 6) is -1.88. The molecule has 2 aromatic heterocycles. The first-order valence-electron chi connectivity index (χ1n) is 11.8. The lowest BCUT2D eigenvalue weighted by atomic mass is 10.1. The molecule has 42 heavy (non-hydrogen) atoms. The number of para-hydroxylation sites is 1. The molecule has 0 spiro atoms. The molecule has 1 saturated heterocycles. The highest BCUT2D eigenvalue weighted by Crippen LogP contribution is 2.55. The molecule has 1 amide bonds. The number of hydrogen-bond donors (Lipinski definition) is 7. The van der Waals surface area contributed by atoms with E-state index >= 15 is 0 Å². The van der Waals surface area contributed by atoms with E-state index in [1.54, 1.807) is 0 Å². The van der Waals surface area contributed by atoms with Crippen molar-refractivity contribution in [2.24, 2.45) is 7.05 Å². The molecule has 3 aromatic rings. The van der Waals surface area contributed by atoms with E-state index in [4.69, 9.17) is 19.3 Å². The van der Waals surface area contributed by atoms with Crippen LogP contribution in [0.3, 0.4) is 0 Å². The number of aromatic nitrogens is 4. The van der Waals surface area contributed by atoms with Gasteiger partial charge < -0.3 is 38.9 Å². The predicted molar refractivity (Wildman–Crippen MR) is 137 cm³/mol. The molecule has 0 saturated carbocycles. The molecular formula is C20H25N6O14P2+. The number of amides is 1. The van der Waals surface area contributed by atoms with Crippen LogP contribution in [0.5, 0.6) is 0 Å². The van der Waals surface area contributed by atoms with Crippen molar-refractivity contribution >= 4 is 44.1 Å². The average molecular weight is 635 g/mol. The van der Waals surface area contributed by atoms with E-state index in [-0.39, 0.29) is 22.4 Å². The number of carbonyl (C=O) groups excluding carboxylic acids is 1. The number of aliphatic hydroxyl groups is 2. The molecule has 0 radical (unpaired) electrons. The van der Waals surface area contributed by atoms with Crippen LogP contribution in [0.15, 0.2) is 35.4 Å². The van der Waals surface area contributed by atoms with E-state index in [1.165, 1.54) is 42.2 Å². The number of nitro benzene ring substituents is 1. The zero-order valence-corrected chi connectivity index (χ0v) is 23.2. The lowest BCUT2D eigenvalue weighted by molar-refractivity contribution is -0.745. The van der Waals surface area contributed by atoms with Gasteiger partial charge in [0.25, 0.3) is 17.2 Å². The quantitative estimate of drug-likeness (QED) is 0.0619. The molecule has 0 bridgehead atoms. The number of carbonyl (C=O) groups is 1. The van der Waals surface area contributed by atoms with Crippen LogP contribution in [0, 0.1) is 10.1 Å². The van der Waals surface area contributed by atoms with Gasteiger partial charge in [0.05, 0.1) is 24.1 Å². The minimum Gasteiger partial charge on any atom is -0.444 e. The number of hydrogen-bond acceptors (Lipinski definition) is 12. The highest BCUT2D eigenvalue weighted by molar-refractivity contribution is 7.70. The second-order valence-corrected chi connectivity index (χ2v) is 13.1. The molecule has 4 rings (SSSR count). The van der Waals surface area contributed by atoms with Gasteiger partial charge in [-0.25, -0.2) is 14.7 Å². The molecule has 3 heterocycles. The third-order valence-corrected chi connectivity index (χ3v) is 9.41. The summed E-state index contributed by atoms with van der Waals surface area (Å²) >= 11 is 0. The Hall–Kier alpha value is -3.58. The number of H-pyrrole nitrogens is 1. The minimum absolute atomic E-state index is 0.0553. The Bertz CT molecular complexity index is 1670. The maximum Gasteiger partial charge on any atom is 0.415 e. The van der Waals surface area contributed by atoms with Crippen LogP contribution < -0.4 is 15.4 Å². The van der Waals surface area contributed by atoms with Crippen LogP contribution in [0.25, 0.3) is 11.2 Å². The second kappa shape index (κ2) is 12.0. The fraction of sp³-hybridized carbons (Fsp3) is 0.400. The molecule has 20 nitrogen and oxygen atoms in total. The van der Waals surface area contributed by atoms with Crippen LogP contribution in [0.1, 0.15) is 11.8 Å². The van der Waals surface area contributed by atoms with Crippen molar-refractivity contribution in [3.05, 3.63) is 56.6 Å². The lowest BCUT2D eigenvalue weighted by Crippen LogP contribution is -2.46. The van der Waals surface area contributed by atoms with E-state index in [0.717, 1.165) is 4.57 Å². The van der Waals surface area contributed by atoms with Gasteiger partial charge in [0, 0.05) is 6.07 Å². The van der Waals surface area contributed by atoms with Gasteiger partial charge in [-0.05, 0) is 6.07 Å². The van der Waals surface area contributed by atoms with Crippen molar-refractivity contribution in [3.8, 4) is 0 Å². The maximum atomic E-state index is 12.8. The fourth-order valence-corrected chi connectivity index (χ4v) is 6.71. The van der Waals surface area contributed by atoms with E-state index in [9.17, 15) is 43.9 Å². The van der Waals surface area contributed by atoms with E-state index < -0.39 is 81.4 Å². The average Bonchev–Trinajstić information content (AvgIpc) is 3.35. The number of benzene rings is 1. The summed E-state index contributed by atoms with van der Waals surface area (Å²) in [7, 11) is -8.25. The summed E-state index contributed by atoms with van der Waals surface area (Å²) in [6, 6.07) is 5.58. The first-order valence-corrected chi connectivity index (χ1v) is 15.3. The van der Waals surface area contributed by atoms with Gasteiger partial charge in [0.1, 0.15) is 24.9 Å². The second-order valence-electron chi connectivity index (χ2n) is 9.09. The third kappa shape index (κ3) is 7.06. The normalized spacial score (nSPS) is 22.1. The van der Waals surface area contributed by atoms with Gasteiger partial charge in [0.2, 0.25) is 11.7 Å². The number of aromatic amines is 1. The van der Waals surface area contributed by atoms with Gasteiger partial charge in [-0.2, -0.15) is 0 Å². The number of nitro groups is 1. The smallest absolute Gasteiger partial charge is 0.415 e. The first kappa shape index (κ1) is 31.4. The fourth-order valence-electron chi connectivity index (χ4n) is 4.14. The van der Waals surface area contributed by atoms with Crippen LogP contribution in [0.4, 0.5) is 16.4 Å². The molecule has 1 unspecified atom stereocenters. The topological polar surface area (TPSA) is 290 Å². The zero-order valence-electron chi connectivity index (χ0n) is 21.4. The number of fused-ring (bicyclic) bond motifs is 1. The number of nitrogens with zero attached hydrogens (tertiary/aromatic N) is 4. The van der Waals surface area contributed by atoms with Crippen LogP contribution in [-0.4, -0.2) is 81.3 Å². The SMILES string of the molecule is Cn1c[n+]([C@@H]2O[C@H](COP(=O)(O)CP(=O)(O)O)[C@@H](O)[C@H]2O)c2nc(NC(=O)OCc3ccccc3[N+](=O)[O-])[nH]c(=O)c21. The van der Waals surface area contributed by atoms with Crippen LogP contribution >= 0.6 is 15.2 Å². The third-order valence-electron chi connectivity index (χ3n) is 5.95. The molecule has 7 N–H and O–H groups in total. The molecule has 5 atom stereocenters. The maximum absolute atomic E-state index is 12.8. The van der Waals surface area contributed by atoms with Crippen molar-refractivity contribution in [1.29, 1.82) is 0 Å². The van der Waals surface area contributed by atoms with Crippen LogP contribution in [-0.2, 0) is 36.8 Å². The van der Waals surface area contributed by atoms with Gasteiger partial charge >= 0.3 is 26.9 Å². The number of aliphatic hydroxyl groups excluding tert-OH is 2. The molecule has 1 aliphatic rings. The number of ether oxygens (including phenoxy) is 2. The molecule has 22 heteroatoms. The monoisotopic (exact) mass is 635 g/mol. The number of imidazole rings is 1. The van der Waals surface area contributed by atoms with Crippen molar-refractivity contribution in [3.63, 3.8) is 0 Å². The molecule has 1 aliphatic heterocycles. The van der Waals surface area contributed by atoms with Crippen molar-refractivity contribution in [2.75, 3.05) is 17.8 Å². The number of nitrogens with one attached hydrogen (secondary N) is 2. The molecule has 1 aromatic carbocycles. The standard InChI is InChI=1S/C20H24N6O14P2/c1-24-8-25(18-15(28)14(27)12(40-18)7-39-42(36,37)9-41(33,34)35)16-13(24)17(29)22-19(21-16)23-20(30)38-6-10-4-2-3-5-11(10)26(31)32/h2-5,8,12,14-15,18,27-28H,6-7,9H2,1H3,(H4-,21,22,23,29,30,33,34,35,36,37)/p+1/t12-,14-,15-,18-/m1/s1. The molecule has 0 aliphatic carbocycles.